The van der Waals surface area contributed by atoms with E-state index in [-0.39, 0.29) is 0 Å². The molecule has 0 spiro atoms. The lowest BCUT2D eigenvalue weighted by Crippen LogP contribution is -2.34. The number of carboxylic acid groups (broad SMARTS) is 4. The average molecular weight is 724 g/mol. The van der Waals surface area contributed by atoms with Crippen LogP contribution in [0.4, 0.5) is 0 Å². The van der Waals surface area contributed by atoms with Crippen LogP contribution in [0.2, 0.25) is 0 Å². The number of piperidine rings is 1. The minimum absolute atomic E-state index is 0.558. The van der Waals surface area contributed by atoms with Crippen LogP contribution in [0.15, 0.2) is 53.1 Å². The van der Waals surface area contributed by atoms with Gasteiger partial charge in [0.2, 0.25) is 0 Å². The first-order chi connectivity index (χ1) is 24.8. The number of benzene rings is 1. The van der Waals surface area contributed by atoms with E-state index in [0.29, 0.717) is 24.3 Å². The highest BCUT2D eigenvalue weighted by atomic mass is 16.5. The van der Waals surface area contributed by atoms with Crippen molar-refractivity contribution in [1.29, 1.82) is 5.26 Å². The topological polar surface area (TPSA) is 228 Å². The normalized spacial score (nSPS) is 14.4. The largest absolute Gasteiger partial charge is 0.493 e. The fourth-order valence-corrected chi connectivity index (χ4v) is 5.40. The lowest BCUT2D eigenvalue weighted by atomic mass is 9.91. The Morgan fingerprint density at radius 1 is 0.923 bits per heavy atom. The van der Waals surface area contributed by atoms with Gasteiger partial charge in [-0.1, -0.05) is 5.16 Å². The van der Waals surface area contributed by atoms with Gasteiger partial charge in [0.1, 0.15) is 17.5 Å². The Morgan fingerprint density at radius 3 is 1.96 bits per heavy atom. The smallest absolute Gasteiger partial charge is 0.328 e. The van der Waals surface area contributed by atoms with Gasteiger partial charge in [-0.05, 0) is 116 Å². The third kappa shape index (κ3) is 15.2. The lowest BCUT2D eigenvalue weighted by Gasteiger charge is -2.32. The van der Waals surface area contributed by atoms with Crippen molar-refractivity contribution in [2.75, 3.05) is 33.8 Å². The maximum absolute atomic E-state index is 9.55. The van der Waals surface area contributed by atoms with Gasteiger partial charge in [-0.15, -0.1) is 0 Å². The molecular formula is C37H49N5O10. The van der Waals surface area contributed by atoms with E-state index in [4.69, 9.17) is 29.7 Å². The highest BCUT2D eigenvalue weighted by Gasteiger charge is 2.24. The van der Waals surface area contributed by atoms with E-state index >= 15 is 0 Å². The van der Waals surface area contributed by atoms with E-state index in [2.05, 4.69) is 58.1 Å². The number of likely N-dealkylation sites (tertiary alicyclic amines) is 1. The van der Waals surface area contributed by atoms with Crippen LogP contribution in [0.25, 0.3) is 11.0 Å². The van der Waals surface area contributed by atoms with Crippen LogP contribution < -0.4 is 10.1 Å². The van der Waals surface area contributed by atoms with Crippen molar-refractivity contribution in [3.05, 3.63) is 71.2 Å². The van der Waals surface area contributed by atoms with Gasteiger partial charge < -0.3 is 39.6 Å². The first-order valence-corrected chi connectivity index (χ1v) is 17.0. The number of nitrogens with one attached hydrogen (secondary N) is 1. The molecule has 1 aliphatic heterocycles. The number of carboxylic acids is 4. The van der Waals surface area contributed by atoms with Crippen LogP contribution in [0.5, 0.6) is 5.75 Å². The van der Waals surface area contributed by atoms with Crippen molar-refractivity contribution in [3.8, 4) is 11.8 Å². The Morgan fingerprint density at radius 2 is 1.48 bits per heavy atom. The molecule has 1 saturated heterocycles. The number of aliphatic carboxylic acids is 4. The summed E-state index contributed by atoms with van der Waals surface area (Å²) in [4.78, 5) is 40.7. The zero-order valence-corrected chi connectivity index (χ0v) is 30.1. The molecule has 2 aliphatic rings. The van der Waals surface area contributed by atoms with Crippen molar-refractivity contribution in [2.45, 2.75) is 65.5 Å². The maximum atomic E-state index is 9.55. The van der Waals surface area contributed by atoms with Gasteiger partial charge in [-0.3, -0.25) is 4.90 Å². The summed E-state index contributed by atoms with van der Waals surface area (Å²) in [6.45, 7) is 9.00. The molecule has 52 heavy (non-hydrogen) atoms. The van der Waals surface area contributed by atoms with Gasteiger partial charge in [0.05, 0.1) is 12.3 Å². The zero-order chi connectivity index (χ0) is 38.6. The minimum Gasteiger partial charge on any atom is -0.493 e. The summed E-state index contributed by atoms with van der Waals surface area (Å²) in [7, 11) is 3.75. The van der Waals surface area contributed by atoms with Gasteiger partial charge in [-0.2, -0.15) is 5.26 Å². The Kier molecular flexibility index (Phi) is 18.4. The standard InChI is InChI=1S/C27H34N4O2.2C4H4O4.C2H7N/c1-3-31-22(16-28)7-8-23(31)17-30-14-12-20(13-15-30)6-10-25-24-9-11-26(32-18-21-4-5-21)19(2)27(24)33-29-25;2*5-3(6)1-2-4(7)8;1-3-2/h7-9,11,20-21H,3-6,10,12-15,17-18H2,1-2H3;2*1-2H,(H,5,6)(H,7,8);3H,1-2H3. The first-order valence-electron chi connectivity index (χ1n) is 17.0. The summed E-state index contributed by atoms with van der Waals surface area (Å²) in [5.74, 6) is -2.63. The molecule has 5 rings (SSSR count). The van der Waals surface area contributed by atoms with Crippen molar-refractivity contribution in [2.24, 2.45) is 11.8 Å². The molecule has 0 unspecified atom stereocenters. The highest BCUT2D eigenvalue weighted by molar-refractivity contribution is 5.90. The molecule has 1 aliphatic carbocycles. The van der Waals surface area contributed by atoms with Crippen molar-refractivity contribution in [3.63, 3.8) is 0 Å². The van der Waals surface area contributed by atoms with Crippen molar-refractivity contribution < 1.29 is 48.9 Å². The summed E-state index contributed by atoms with van der Waals surface area (Å²) >= 11 is 0. The number of nitrogens with zero attached hydrogens (tertiary/aromatic N) is 4. The van der Waals surface area contributed by atoms with E-state index in [1.807, 2.05) is 20.2 Å². The Bertz CT molecular complexity index is 1660. The van der Waals surface area contributed by atoms with E-state index in [0.717, 1.165) is 91.1 Å². The van der Waals surface area contributed by atoms with Crippen LogP contribution in [0, 0.1) is 30.1 Å². The zero-order valence-electron chi connectivity index (χ0n) is 30.1. The summed E-state index contributed by atoms with van der Waals surface area (Å²) in [6.07, 6.45) is 9.36. The van der Waals surface area contributed by atoms with Gasteiger partial charge in [0, 0.05) is 54.0 Å². The second kappa shape index (κ2) is 22.4. The van der Waals surface area contributed by atoms with E-state index in [1.165, 1.54) is 31.4 Å². The number of rotatable bonds is 13. The van der Waals surface area contributed by atoms with Crippen molar-refractivity contribution >= 4 is 34.8 Å². The number of carbonyl (C=O) groups is 4. The molecule has 1 saturated carbocycles. The summed E-state index contributed by atoms with van der Waals surface area (Å²) < 4.78 is 13.9. The van der Waals surface area contributed by atoms with Gasteiger partial charge in [-0.25, -0.2) is 19.2 Å². The Labute approximate surface area is 302 Å². The fourth-order valence-electron chi connectivity index (χ4n) is 5.40. The summed E-state index contributed by atoms with van der Waals surface area (Å²) in [5.41, 5.74) is 5.03. The molecule has 2 fully saturated rings. The van der Waals surface area contributed by atoms with Crippen LogP contribution in [0.3, 0.4) is 0 Å². The van der Waals surface area contributed by atoms with Gasteiger partial charge in [0.15, 0.2) is 5.58 Å². The van der Waals surface area contributed by atoms with Crippen LogP contribution >= 0.6 is 0 Å². The van der Waals surface area contributed by atoms with E-state index in [9.17, 15) is 24.4 Å². The molecule has 5 N–H and O–H groups in total. The molecule has 0 atom stereocenters. The van der Waals surface area contributed by atoms with Crippen molar-refractivity contribution in [1.82, 2.24) is 19.9 Å². The molecule has 15 heteroatoms. The Balaban J connectivity index is 0.000000407. The third-order valence-corrected chi connectivity index (χ3v) is 8.21. The second-order valence-corrected chi connectivity index (χ2v) is 12.3. The van der Waals surface area contributed by atoms with Crippen LogP contribution in [0.1, 0.15) is 61.7 Å². The average Bonchev–Trinajstić information content (AvgIpc) is 3.71. The predicted molar refractivity (Wildman–Crippen MR) is 192 cm³/mol. The molecule has 3 heterocycles. The number of aryl methyl sites for hydroxylation is 2. The lowest BCUT2D eigenvalue weighted by molar-refractivity contribution is -0.134. The predicted octanol–water partition coefficient (Wildman–Crippen LogP) is 4.72. The molecule has 2 aromatic heterocycles. The number of nitriles is 1. The number of hydrogen-bond acceptors (Lipinski definition) is 10. The molecule has 1 aromatic carbocycles. The number of aromatic nitrogens is 2. The monoisotopic (exact) mass is 723 g/mol. The molecule has 3 aromatic rings. The third-order valence-electron chi connectivity index (χ3n) is 8.21. The summed E-state index contributed by atoms with van der Waals surface area (Å²) in [5, 5.41) is 48.8. The van der Waals surface area contributed by atoms with E-state index < -0.39 is 23.9 Å². The highest BCUT2D eigenvalue weighted by Crippen LogP contribution is 2.34. The Hall–Kier alpha value is -5.46. The molecule has 0 amide bonds. The van der Waals surface area contributed by atoms with Gasteiger partial charge >= 0.3 is 23.9 Å². The minimum atomic E-state index is -1.26. The first kappa shape index (κ1) is 42.7. The van der Waals surface area contributed by atoms with E-state index in [1.54, 1.807) is 0 Å². The molecule has 0 bridgehead atoms. The number of hydrogen-bond donors (Lipinski definition) is 5. The quantitative estimate of drug-likeness (QED) is 0.150. The number of fused-ring (bicyclic) bond motifs is 1. The fraction of sp³-hybridized carbons (Fsp3) is 0.459. The molecule has 282 valence electrons. The van der Waals surface area contributed by atoms with Gasteiger partial charge in [0.25, 0.3) is 0 Å². The SMILES string of the molecule is CCn1c(C#N)ccc1CN1CCC(CCc2noc3c(C)c(OCC4CC4)ccc23)CC1.CNC.O=C(O)C=CC(=O)O.O=C(O)C=CC(=O)O. The molecule has 0 radical (unpaired) electrons. The van der Waals surface area contributed by atoms with Crippen LogP contribution in [-0.4, -0.2) is 92.7 Å². The number of ether oxygens (including phenoxy) is 1. The van der Waals surface area contributed by atoms with Crippen LogP contribution in [-0.2, 0) is 38.7 Å². The maximum Gasteiger partial charge on any atom is 0.328 e. The molecular weight excluding hydrogens is 674 g/mol. The summed E-state index contributed by atoms with van der Waals surface area (Å²) in [6, 6.07) is 10.6. The molecule has 15 nitrogen and oxygen atoms in total. The second-order valence-electron chi connectivity index (χ2n) is 12.3.